The Hall–Kier alpha value is -1.86. The quantitative estimate of drug-likeness (QED) is 0.288. The van der Waals surface area contributed by atoms with Crippen LogP contribution in [0.2, 0.25) is 5.15 Å². The molecule has 2 aliphatic heterocycles. The van der Waals surface area contributed by atoms with Gasteiger partial charge in [-0.2, -0.15) is 0 Å². The lowest BCUT2D eigenvalue weighted by molar-refractivity contribution is -0.439. The van der Waals surface area contributed by atoms with E-state index < -0.39 is 0 Å². The SMILES string of the molecule is CCCCCOC1CC(C)C([N+](=O)[O-])=C2N(Cc3ccc(Cl)nc3)CCN21. The summed E-state index contributed by atoms with van der Waals surface area (Å²) in [5, 5.41) is 12.2. The van der Waals surface area contributed by atoms with Gasteiger partial charge in [0.05, 0.1) is 10.8 Å². The van der Waals surface area contributed by atoms with Crippen molar-refractivity contribution in [3.05, 3.63) is 50.7 Å². The van der Waals surface area contributed by atoms with Gasteiger partial charge in [-0.3, -0.25) is 10.1 Å². The molecule has 27 heavy (non-hydrogen) atoms. The third kappa shape index (κ3) is 4.52. The summed E-state index contributed by atoms with van der Waals surface area (Å²) >= 11 is 5.86. The standard InChI is InChI=1S/C19H27ClN4O3/c1-3-4-5-10-27-17-11-14(2)18(24(25)26)19-22(8-9-23(17)19)13-15-6-7-16(20)21-12-15/h6-7,12,14,17H,3-5,8-11,13H2,1-2H3. The summed E-state index contributed by atoms with van der Waals surface area (Å²) in [6.45, 7) is 6.82. The molecule has 7 nitrogen and oxygen atoms in total. The average Bonchev–Trinajstić information content (AvgIpc) is 3.04. The second kappa shape index (κ2) is 8.89. The van der Waals surface area contributed by atoms with Crippen LogP contribution in [-0.2, 0) is 11.3 Å². The number of nitrogens with zero attached hydrogens (tertiary/aromatic N) is 4. The zero-order valence-corrected chi connectivity index (χ0v) is 16.7. The smallest absolute Gasteiger partial charge is 0.289 e. The van der Waals surface area contributed by atoms with Crippen molar-refractivity contribution in [3.63, 3.8) is 0 Å². The number of fused-ring (bicyclic) bond motifs is 1. The van der Waals surface area contributed by atoms with Gasteiger partial charge in [0, 0.05) is 38.9 Å². The number of hydrogen-bond acceptors (Lipinski definition) is 6. The number of hydrogen-bond donors (Lipinski definition) is 0. The molecule has 3 heterocycles. The molecule has 3 rings (SSSR count). The molecule has 148 valence electrons. The van der Waals surface area contributed by atoms with Crippen molar-refractivity contribution in [3.8, 4) is 0 Å². The minimum atomic E-state index is -0.223. The van der Waals surface area contributed by atoms with Crippen molar-refractivity contribution in [2.45, 2.75) is 52.3 Å². The first kappa shape index (κ1) is 19.9. The fourth-order valence-corrected chi connectivity index (χ4v) is 3.95. The summed E-state index contributed by atoms with van der Waals surface area (Å²) in [6.07, 6.45) is 5.60. The lowest BCUT2D eigenvalue weighted by Crippen LogP contribution is -2.43. The molecule has 2 atom stereocenters. The van der Waals surface area contributed by atoms with Crippen LogP contribution in [0.5, 0.6) is 0 Å². The summed E-state index contributed by atoms with van der Waals surface area (Å²) in [4.78, 5) is 19.8. The molecule has 1 saturated heterocycles. The number of halogens is 1. The predicted octanol–water partition coefficient (Wildman–Crippen LogP) is 3.87. The molecule has 0 N–H and O–H groups in total. The molecule has 1 aromatic rings. The lowest BCUT2D eigenvalue weighted by Gasteiger charge is -2.37. The molecule has 0 bridgehead atoms. The van der Waals surface area contributed by atoms with Crippen molar-refractivity contribution < 1.29 is 9.66 Å². The van der Waals surface area contributed by atoms with Gasteiger partial charge in [-0.1, -0.05) is 44.4 Å². The van der Waals surface area contributed by atoms with E-state index in [1.807, 2.05) is 13.0 Å². The van der Waals surface area contributed by atoms with Crippen LogP contribution >= 0.6 is 11.6 Å². The topological polar surface area (TPSA) is 71.7 Å². The van der Waals surface area contributed by atoms with E-state index in [4.69, 9.17) is 16.3 Å². The Labute approximate surface area is 165 Å². The molecule has 0 aromatic carbocycles. The molecule has 0 radical (unpaired) electrons. The molecule has 1 fully saturated rings. The molecular weight excluding hydrogens is 368 g/mol. The van der Waals surface area contributed by atoms with Gasteiger partial charge in [-0.25, -0.2) is 4.98 Å². The molecular formula is C19H27ClN4O3. The highest BCUT2D eigenvalue weighted by Gasteiger charge is 2.45. The van der Waals surface area contributed by atoms with E-state index in [1.54, 1.807) is 12.3 Å². The van der Waals surface area contributed by atoms with Crippen molar-refractivity contribution >= 4 is 11.6 Å². The maximum absolute atomic E-state index is 11.8. The van der Waals surface area contributed by atoms with Gasteiger partial charge in [0.2, 0.25) is 0 Å². The number of allylic oxidation sites excluding steroid dienone is 1. The normalized spacial score (nSPS) is 22.3. The van der Waals surface area contributed by atoms with Crippen LogP contribution < -0.4 is 0 Å². The zero-order chi connectivity index (χ0) is 19.4. The van der Waals surface area contributed by atoms with Crippen LogP contribution in [0.1, 0.15) is 45.1 Å². The van der Waals surface area contributed by atoms with Crippen LogP contribution in [0.4, 0.5) is 0 Å². The van der Waals surface area contributed by atoms with E-state index in [-0.39, 0.29) is 17.1 Å². The number of ether oxygens (including phenoxy) is 1. The molecule has 2 unspecified atom stereocenters. The lowest BCUT2D eigenvalue weighted by atomic mass is 9.98. The summed E-state index contributed by atoms with van der Waals surface area (Å²) in [5.74, 6) is 0.556. The van der Waals surface area contributed by atoms with Gasteiger partial charge in [-0.15, -0.1) is 0 Å². The van der Waals surface area contributed by atoms with Gasteiger partial charge in [0.25, 0.3) is 5.70 Å². The van der Waals surface area contributed by atoms with Gasteiger partial charge in [-0.05, 0) is 18.1 Å². The van der Waals surface area contributed by atoms with Crippen LogP contribution in [0.15, 0.2) is 29.8 Å². The summed E-state index contributed by atoms with van der Waals surface area (Å²) < 4.78 is 6.12. The molecule has 1 aromatic heterocycles. The van der Waals surface area contributed by atoms with Crippen molar-refractivity contribution in [2.24, 2.45) is 5.92 Å². The number of unbranched alkanes of at least 4 members (excludes halogenated alkanes) is 2. The van der Waals surface area contributed by atoms with E-state index in [1.165, 1.54) is 0 Å². The van der Waals surface area contributed by atoms with E-state index in [9.17, 15) is 10.1 Å². The maximum Gasteiger partial charge on any atom is 0.289 e. The Balaban J connectivity index is 1.80. The minimum absolute atomic E-state index is 0.0936. The van der Waals surface area contributed by atoms with Crippen LogP contribution in [0, 0.1) is 16.0 Å². The first-order valence-corrected chi connectivity index (χ1v) is 10.0. The van der Waals surface area contributed by atoms with Crippen LogP contribution in [-0.4, -0.2) is 45.6 Å². The highest BCUT2D eigenvalue weighted by atomic mass is 35.5. The summed E-state index contributed by atoms with van der Waals surface area (Å²) in [5.41, 5.74) is 1.28. The van der Waals surface area contributed by atoms with Crippen molar-refractivity contribution in [1.82, 2.24) is 14.8 Å². The average molecular weight is 395 g/mol. The van der Waals surface area contributed by atoms with Crippen LogP contribution in [0.3, 0.4) is 0 Å². The van der Waals surface area contributed by atoms with E-state index in [2.05, 4.69) is 21.7 Å². The van der Waals surface area contributed by atoms with Gasteiger partial charge in [0.15, 0.2) is 5.82 Å². The summed E-state index contributed by atoms with van der Waals surface area (Å²) in [7, 11) is 0. The maximum atomic E-state index is 11.8. The molecule has 0 aliphatic carbocycles. The van der Waals surface area contributed by atoms with Gasteiger partial charge in [0.1, 0.15) is 11.4 Å². The molecule has 2 aliphatic rings. The fraction of sp³-hybridized carbons (Fsp3) is 0.632. The minimum Gasteiger partial charge on any atom is -0.358 e. The number of aromatic nitrogens is 1. The van der Waals surface area contributed by atoms with Gasteiger partial charge >= 0.3 is 0 Å². The second-order valence-electron chi connectivity index (χ2n) is 7.24. The Kier molecular flexibility index (Phi) is 6.55. The predicted molar refractivity (Wildman–Crippen MR) is 103 cm³/mol. The van der Waals surface area contributed by atoms with Crippen molar-refractivity contribution in [1.29, 1.82) is 0 Å². The molecule has 0 amide bonds. The Morgan fingerprint density at radius 3 is 2.85 bits per heavy atom. The first-order chi connectivity index (χ1) is 13.0. The number of nitro groups is 1. The molecule has 0 saturated carbocycles. The van der Waals surface area contributed by atoms with Gasteiger partial charge < -0.3 is 14.5 Å². The van der Waals surface area contributed by atoms with E-state index in [0.29, 0.717) is 36.2 Å². The molecule has 0 spiro atoms. The molecule has 8 heteroatoms. The Morgan fingerprint density at radius 2 is 2.19 bits per heavy atom. The van der Waals surface area contributed by atoms with E-state index in [0.717, 1.165) is 37.9 Å². The largest absolute Gasteiger partial charge is 0.358 e. The number of rotatable bonds is 8. The Bertz CT molecular complexity index is 695. The number of pyridine rings is 1. The monoisotopic (exact) mass is 394 g/mol. The highest BCUT2D eigenvalue weighted by molar-refractivity contribution is 6.29. The zero-order valence-electron chi connectivity index (χ0n) is 15.9. The van der Waals surface area contributed by atoms with E-state index >= 15 is 0 Å². The fourth-order valence-electron chi connectivity index (χ4n) is 3.84. The second-order valence-corrected chi connectivity index (χ2v) is 7.63. The summed E-state index contributed by atoms with van der Waals surface area (Å²) in [6, 6.07) is 3.66. The van der Waals surface area contributed by atoms with Crippen LogP contribution in [0.25, 0.3) is 0 Å². The van der Waals surface area contributed by atoms with Crippen molar-refractivity contribution in [2.75, 3.05) is 19.7 Å². The third-order valence-electron chi connectivity index (χ3n) is 5.20. The highest BCUT2D eigenvalue weighted by Crippen LogP contribution is 2.38. The Morgan fingerprint density at radius 1 is 1.37 bits per heavy atom. The third-order valence-corrected chi connectivity index (χ3v) is 5.42. The first-order valence-electron chi connectivity index (χ1n) is 9.63.